The van der Waals surface area contributed by atoms with Gasteiger partial charge in [-0.2, -0.15) is 0 Å². The quantitative estimate of drug-likeness (QED) is 0.0222. The fourth-order valence-corrected chi connectivity index (χ4v) is 14.8. The molecule has 0 aliphatic carbocycles. The molecule has 104 heavy (non-hydrogen) atoms. The minimum absolute atomic E-state index is 0.107. The maximum Gasteiger partial charge on any atom is 0.472 e. The van der Waals surface area contributed by atoms with E-state index in [0.717, 1.165) is 108 Å². The SMILES string of the molecule is CCCCCCCCCCCCCCCCCCCCCC(=O)O[C@H](COC(=O)CCCCCCCCCCCCCCCCCC(C)C)COP(=O)(O)OC[C@@H](O)COP(=O)(O)OC[C@@H](COC(=O)CCCCCCCCCCC(C)C)OC(=O)CCCCCCCCCCCCCCCC(C)C. The molecule has 0 fully saturated rings. The Morgan fingerprint density at radius 3 is 0.654 bits per heavy atom. The van der Waals surface area contributed by atoms with Crippen LogP contribution in [0.25, 0.3) is 0 Å². The molecule has 19 heteroatoms. The van der Waals surface area contributed by atoms with Crippen molar-refractivity contribution in [1.29, 1.82) is 0 Å². The predicted octanol–water partition coefficient (Wildman–Crippen LogP) is 25.7. The van der Waals surface area contributed by atoms with Crippen LogP contribution in [0.3, 0.4) is 0 Å². The third-order valence-corrected chi connectivity index (χ3v) is 21.8. The monoisotopic (exact) mass is 1520 g/mol. The molecule has 0 saturated carbocycles. The highest BCUT2D eigenvalue weighted by Gasteiger charge is 2.30. The molecule has 0 saturated heterocycles. The Morgan fingerprint density at radius 2 is 0.442 bits per heavy atom. The average molecular weight is 1520 g/mol. The van der Waals surface area contributed by atoms with E-state index in [1.165, 1.54) is 257 Å². The third kappa shape index (κ3) is 78.2. The maximum atomic E-state index is 13.1. The molecule has 0 aromatic rings. The third-order valence-electron chi connectivity index (χ3n) is 19.9. The summed E-state index contributed by atoms with van der Waals surface area (Å²) in [7, 11) is -9.93. The maximum absolute atomic E-state index is 13.1. The number of phosphoric acid groups is 2. The van der Waals surface area contributed by atoms with E-state index in [4.69, 9.17) is 37.0 Å². The number of ether oxygens (including phenoxy) is 4. The molecule has 0 radical (unpaired) electrons. The summed E-state index contributed by atoms with van der Waals surface area (Å²) < 4.78 is 68.9. The van der Waals surface area contributed by atoms with Crippen molar-refractivity contribution in [2.24, 2.45) is 17.8 Å². The van der Waals surface area contributed by atoms with Gasteiger partial charge in [0, 0.05) is 25.7 Å². The molecule has 3 N–H and O–H groups in total. The zero-order chi connectivity index (χ0) is 76.5. The lowest BCUT2D eigenvalue weighted by molar-refractivity contribution is -0.161. The zero-order valence-electron chi connectivity index (χ0n) is 68.5. The first-order valence-electron chi connectivity index (χ1n) is 43.8. The molecule has 0 aliphatic rings. The molecule has 0 spiro atoms. The minimum Gasteiger partial charge on any atom is -0.462 e. The van der Waals surface area contributed by atoms with Gasteiger partial charge in [0.1, 0.15) is 19.3 Å². The Hall–Kier alpha value is -1.94. The predicted molar refractivity (Wildman–Crippen MR) is 428 cm³/mol. The van der Waals surface area contributed by atoms with E-state index in [2.05, 4.69) is 48.5 Å². The number of hydrogen-bond acceptors (Lipinski definition) is 15. The number of carbonyl (C=O) groups is 4. The first-order chi connectivity index (χ1) is 50.2. The Labute approximate surface area is 638 Å². The summed E-state index contributed by atoms with van der Waals surface area (Å²) in [6.07, 6.45) is 65.3. The Balaban J connectivity index is 5.25. The van der Waals surface area contributed by atoms with Gasteiger partial charge in [-0.1, -0.05) is 395 Å². The van der Waals surface area contributed by atoms with Crippen LogP contribution in [0.4, 0.5) is 0 Å². The van der Waals surface area contributed by atoms with Crippen molar-refractivity contribution < 1.29 is 80.2 Å². The second kappa shape index (κ2) is 75.1. The number of phosphoric ester groups is 2. The van der Waals surface area contributed by atoms with Crippen molar-refractivity contribution >= 4 is 39.5 Å². The van der Waals surface area contributed by atoms with Crippen LogP contribution < -0.4 is 0 Å². The topological polar surface area (TPSA) is 237 Å². The van der Waals surface area contributed by atoms with Crippen LogP contribution in [0.15, 0.2) is 0 Å². The normalized spacial score (nSPS) is 13.9. The first kappa shape index (κ1) is 102. The molecule has 618 valence electrons. The van der Waals surface area contributed by atoms with Gasteiger partial charge in [0.05, 0.1) is 26.4 Å². The summed E-state index contributed by atoms with van der Waals surface area (Å²) in [5.41, 5.74) is 0. The first-order valence-corrected chi connectivity index (χ1v) is 46.8. The number of unbranched alkanes of at least 4 members (excludes halogenated alkanes) is 51. The average Bonchev–Trinajstić information content (AvgIpc) is 0.906. The molecule has 0 rings (SSSR count). The van der Waals surface area contributed by atoms with Crippen molar-refractivity contribution in [3.05, 3.63) is 0 Å². The molecule has 0 aliphatic heterocycles. The van der Waals surface area contributed by atoms with Gasteiger partial charge in [-0.25, -0.2) is 9.13 Å². The van der Waals surface area contributed by atoms with E-state index < -0.39 is 97.5 Å². The Morgan fingerprint density at radius 1 is 0.260 bits per heavy atom. The molecular weight excluding hydrogens is 1350 g/mol. The minimum atomic E-state index is -4.97. The van der Waals surface area contributed by atoms with Crippen LogP contribution in [0.1, 0.15) is 447 Å². The van der Waals surface area contributed by atoms with Gasteiger partial charge < -0.3 is 33.8 Å². The molecule has 17 nitrogen and oxygen atoms in total. The zero-order valence-corrected chi connectivity index (χ0v) is 70.3. The molecule has 0 aromatic heterocycles. The van der Waals surface area contributed by atoms with Gasteiger partial charge >= 0.3 is 39.5 Å². The number of carbonyl (C=O) groups excluding carboxylic acids is 4. The molecule has 5 atom stereocenters. The van der Waals surface area contributed by atoms with Crippen LogP contribution >= 0.6 is 15.6 Å². The van der Waals surface area contributed by atoms with Crippen molar-refractivity contribution in [1.82, 2.24) is 0 Å². The van der Waals surface area contributed by atoms with E-state index in [1.807, 2.05) is 0 Å². The Kier molecular flexibility index (Phi) is 73.7. The lowest BCUT2D eigenvalue weighted by Gasteiger charge is -2.21. The van der Waals surface area contributed by atoms with Crippen molar-refractivity contribution in [2.75, 3.05) is 39.6 Å². The number of esters is 4. The van der Waals surface area contributed by atoms with Crippen molar-refractivity contribution in [3.8, 4) is 0 Å². The van der Waals surface area contributed by atoms with Gasteiger partial charge in [-0.3, -0.25) is 37.3 Å². The fourth-order valence-electron chi connectivity index (χ4n) is 13.2. The summed E-state index contributed by atoms with van der Waals surface area (Å²) in [5, 5.41) is 10.7. The Bertz CT molecular complexity index is 2010. The van der Waals surface area contributed by atoms with Crippen LogP contribution in [0.2, 0.25) is 0 Å². The van der Waals surface area contributed by atoms with E-state index in [0.29, 0.717) is 25.7 Å². The second-order valence-electron chi connectivity index (χ2n) is 32.0. The van der Waals surface area contributed by atoms with Crippen molar-refractivity contribution in [2.45, 2.75) is 465 Å². The highest BCUT2D eigenvalue weighted by molar-refractivity contribution is 7.47. The van der Waals surface area contributed by atoms with Gasteiger partial charge in [0.25, 0.3) is 0 Å². The molecule has 2 unspecified atom stereocenters. The number of aliphatic hydroxyl groups excluding tert-OH is 1. The van der Waals surface area contributed by atoms with E-state index >= 15 is 0 Å². The highest BCUT2D eigenvalue weighted by atomic mass is 31.2. The van der Waals surface area contributed by atoms with E-state index in [9.17, 15) is 43.2 Å². The number of hydrogen-bond donors (Lipinski definition) is 3. The van der Waals surface area contributed by atoms with Crippen LogP contribution in [-0.2, 0) is 65.4 Å². The standard InChI is InChI=1S/C85H166O17P2/c1-8-9-10-11-12-13-14-15-16-17-18-19-22-28-33-38-47-54-61-68-84(89)101-80(72-95-82(87)66-59-52-45-37-32-27-23-20-21-25-30-35-42-49-56-63-76(2)3)74-99-103(91,92)97-70-79(86)71-98-104(93,94)100-75-81(73-96-83(88)67-60-53-46-41-40-44-51-58-65-78(6)7)102-85(90)69-62-55-48-39-34-29-24-26-31-36-43-50-57-64-77(4)5/h76-81,86H,8-75H2,1-7H3,(H,91,92)(H,93,94)/t79-,80-,81-/m1/s1. The summed E-state index contributed by atoms with van der Waals surface area (Å²) in [5.74, 6) is 0.213. The number of aliphatic hydroxyl groups is 1. The lowest BCUT2D eigenvalue weighted by atomic mass is 10.0. The van der Waals surface area contributed by atoms with Gasteiger partial charge in [0.2, 0.25) is 0 Å². The molecule has 0 heterocycles. The van der Waals surface area contributed by atoms with E-state index in [-0.39, 0.29) is 25.7 Å². The van der Waals surface area contributed by atoms with Crippen molar-refractivity contribution in [3.63, 3.8) is 0 Å². The van der Waals surface area contributed by atoms with E-state index in [1.54, 1.807) is 0 Å². The summed E-state index contributed by atoms with van der Waals surface area (Å²) in [6.45, 7) is 12.0. The lowest BCUT2D eigenvalue weighted by Crippen LogP contribution is -2.30. The summed E-state index contributed by atoms with van der Waals surface area (Å²) >= 11 is 0. The molecule has 0 aromatic carbocycles. The fraction of sp³-hybridized carbons (Fsp3) is 0.953. The molecule has 0 bridgehead atoms. The summed E-state index contributed by atoms with van der Waals surface area (Å²) in [4.78, 5) is 73.2. The number of rotatable bonds is 83. The van der Waals surface area contributed by atoms with Gasteiger partial charge in [-0.05, 0) is 43.4 Å². The second-order valence-corrected chi connectivity index (χ2v) is 34.9. The molecular formula is C85H166O17P2. The molecule has 0 amide bonds. The van der Waals surface area contributed by atoms with Gasteiger partial charge in [-0.15, -0.1) is 0 Å². The summed E-state index contributed by atoms with van der Waals surface area (Å²) in [6, 6.07) is 0. The van der Waals surface area contributed by atoms with Crippen LogP contribution in [0, 0.1) is 17.8 Å². The smallest absolute Gasteiger partial charge is 0.462 e. The van der Waals surface area contributed by atoms with Crippen LogP contribution in [0.5, 0.6) is 0 Å². The largest absolute Gasteiger partial charge is 0.472 e. The van der Waals surface area contributed by atoms with Crippen LogP contribution in [-0.4, -0.2) is 96.7 Å². The highest BCUT2D eigenvalue weighted by Crippen LogP contribution is 2.45. The van der Waals surface area contributed by atoms with Gasteiger partial charge in [0.15, 0.2) is 12.2 Å².